The third kappa shape index (κ3) is 4.90. The van der Waals surface area contributed by atoms with Crippen molar-refractivity contribution >= 4 is 11.6 Å². The molecule has 1 saturated carbocycles. The van der Waals surface area contributed by atoms with Gasteiger partial charge in [0, 0.05) is 0 Å². The van der Waals surface area contributed by atoms with Crippen molar-refractivity contribution in [2.75, 3.05) is 0 Å². The molecule has 0 amide bonds. The van der Waals surface area contributed by atoms with Gasteiger partial charge in [-0.05, 0) is 84.2 Å². The summed E-state index contributed by atoms with van der Waals surface area (Å²) < 4.78 is 13.7. The third-order valence-electron chi connectivity index (χ3n) is 6.54. The van der Waals surface area contributed by atoms with Crippen LogP contribution in [-0.4, -0.2) is 0 Å². The molecule has 0 aromatic heterocycles. The summed E-state index contributed by atoms with van der Waals surface area (Å²) in [5, 5.41) is 0.170. The van der Waals surface area contributed by atoms with E-state index in [9.17, 15) is 4.39 Å². The van der Waals surface area contributed by atoms with Crippen LogP contribution in [0.1, 0.15) is 62.0 Å². The topological polar surface area (TPSA) is 0 Å². The molecule has 0 N–H and O–H groups in total. The van der Waals surface area contributed by atoms with Crippen LogP contribution >= 0.6 is 11.6 Å². The van der Waals surface area contributed by atoms with Gasteiger partial charge in [-0.3, -0.25) is 0 Å². The number of benzene rings is 3. The smallest absolute Gasteiger partial charge is 0.142 e. The average Bonchev–Trinajstić information content (AvgIpc) is 2.77. The zero-order valence-corrected chi connectivity index (χ0v) is 17.7. The van der Waals surface area contributed by atoms with Crippen molar-refractivity contribution in [2.45, 2.75) is 50.9 Å². The second-order valence-corrected chi connectivity index (χ2v) is 8.92. The highest BCUT2D eigenvalue weighted by molar-refractivity contribution is 6.30. The fourth-order valence-electron chi connectivity index (χ4n) is 4.77. The van der Waals surface area contributed by atoms with Gasteiger partial charge in [0.15, 0.2) is 0 Å². The van der Waals surface area contributed by atoms with Gasteiger partial charge in [0.05, 0.1) is 5.02 Å². The van der Waals surface area contributed by atoms with Crippen LogP contribution in [0.2, 0.25) is 5.02 Å². The number of halogens is 2. The molecule has 1 fully saturated rings. The summed E-state index contributed by atoms with van der Waals surface area (Å²) in [6.07, 6.45) is 6.44. The van der Waals surface area contributed by atoms with Crippen molar-refractivity contribution < 1.29 is 4.39 Å². The Kier molecular flexibility index (Phi) is 6.35. The summed E-state index contributed by atoms with van der Waals surface area (Å²) in [4.78, 5) is 0. The molecular formula is C27H28ClF. The first-order chi connectivity index (χ1) is 14.1. The maximum atomic E-state index is 13.7. The molecule has 0 heterocycles. The average molecular weight is 407 g/mol. The molecule has 0 bridgehead atoms. The Balaban J connectivity index is 1.34. The quantitative estimate of drug-likeness (QED) is 0.397. The molecule has 0 radical (unpaired) electrons. The molecule has 3 aromatic rings. The zero-order chi connectivity index (χ0) is 20.2. The minimum absolute atomic E-state index is 0.170. The number of rotatable bonds is 5. The molecule has 1 aliphatic rings. The molecule has 0 nitrogen and oxygen atoms in total. The molecule has 4 rings (SSSR count). The van der Waals surface area contributed by atoms with Crippen LogP contribution < -0.4 is 0 Å². The molecule has 0 spiro atoms. The Morgan fingerprint density at radius 2 is 1.52 bits per heavy atom. The van der Waals surface area contributed by atoms with Gasteiger partial charge in [0.2, 0.25) is 0 Å². The molecule has 1 aliphatic carbocycles. The summed E-state index contributed by atoms with van der Waals surface area (Å²) in [6.45, 7) is 2.36. The first kappa shape index (κ1) is 20.2. The second kappa shape index (κ2) is 9.13. The van der Waals surface area contributed by atoms with E-state index in [4.69, 9.17) is 11.6 Å². The Labute approximate surface area is 178 Å². The van der Waals surface area contributed by atoms with Gasteiger partial charge in [0.1, 0.15) is 5.82 Å². The molecule has 0 aliphatic heterocycles. The fourth-order valence-corrected chi connectivity index (χ4v) is 4.89. The molecule has 2 heteroatoms. The SMILES string of the molecule is CC(CC1CCC(c2ccc(-c3ccc(Cl)c(F)c3)cc2)CC1)c1ccccc1. The molecule has 0 saturated heterocycles. The summed E-state index contributed by atoms with van der Waals surface area (Å²) >= 11 is 5.80. The summed E-state index contributed by atoms with van der Waals surface area (Å²) in [6, 6.07) is 24.6. The highest BCUT2D eigenvalue weighted by Gasteiger charge is 2.24. The van der Waals surface area contributed by atoms with E-state index in [0.717, 1.165) is 17.0 Å². The van der Waals surface area contributed by atoms with Crippen LogP contribution in [-0.2, 0) is 0 Å². The summed E-state index contributed by atoms with van der Waals surface area (Å²) in [5.41, 5.74) is 4.79. The Morgan fingerprint density at radius 1 is 0.862 bits per heavy atom. The standard InChI is InChI=1S/C27H28ClF/c1-19(21-5-3-2-4-6-21)17-20-7-9-22(10-8-20)23-11-13-24(14-12-23)25-15-16-26(28)27(29)18-25/h2-6,11-16,18-20,22H,7-10,17H2,1H3. The fraction of sp³-hybridized carbons (Fsp3) is 0.333. The van der Waals surface area contributed by atoms with E-state index in [2.05, 4.69) is 61.5 Å². The van der Waals surface area contributed by atoms with Crippen molar-refractivity contribution in [1.29, 1.82) is 0 Å². The minimum Gasteiger partial charge on any atom is -0.205 e. The van der Waals surface area contributed by atoms with Crippen molar-refractivity contribution in [1.82, 2.24) is 0 Å². The van der Waals surface area contributed by atoms with Crippen molar-refractivity contribution in [3.63, 3.8) is 0 Å². The molecule has 29 heavy (non-hydrogen) atoms. The van der Waals surface area contributed by atoms with Crippen LogP contribution in [0.5, 0.6) is 0 Å². The zero-order valence-electron chi connectivity index (χ0n) is 17.0. The van der Waals surface area contributed by atoms with Crippen LogP contribution in [0.3, 0.4) is 0 Å². The van der Waals surface area contributed by atoms with Crippen LogP contribution in [0.4, 0.5) is 4.39 Å². The largest absolute Gasteiger partial charge is 0.205 e. The molecular weight excluding hydrogens is 379 g/mol. The minimum atomic E-state index is -0.365. The third-order valence-corrected chi connectivity index (χ3v) is 6.84. The van der Waals surface area contributed by atoms with Crippen LogP contribution in [0.15, 0.2) is 72.8 Å². The lowest BCUT2D eigenvalue weighted by atomic mass is 9.75. The second-order valence-electron chi connectivity index (χ2n) is 8.52. The van der Waals surface area contributed by atoms with E-state index in [-0.39, 0.29) is 10.8 Å². The van der Waals surface area contributed by atoms with Crippen molar-refractivity contribution in [3.8, 4) is 11.1 Å². The molecule has 3 aromatic carbocycles. The van der Waals surface area contributed by atoms with Gasteiger partial charge in [-0.2, -0.15) is 0 Å². The number of hydrogen-bond donors (Lipinski definition) is 0. The van der Waals surface area contributed by atoms with E-state index < -0.39 is 0 Å². The molecule has 1 atom stereocenters. The van der Waals surface area contributed by atoms with Crippen LogP contribution in [0.25, 0.3) is 11.1 Å². The van der Waals surface area contributed by atoms with Gasteiger partial charge in [0.25, 0.3) is 0 Å². The maximum Gasteiger partial charge on any atom is 0.142 e. The predicted octanol–water partition coefficient (Wildman–Crippen LogP) is 8.61. The monoisotopic (exact) mass is 406 g/mol. The highest BCUT2D eigenvalue weighted by atomic mass is 35.5. The summed E-state index contributed by atoms with van der Waals surface area (Å²) in [7, 11) is 0. The van der Waals surface area contributed by atoms with Crippen molar-refractivity contribution in [3.05, 3.63) is 94.8 Å². The maximum absolute atomic E-state index is 13.7. The van der Waals surface area contributed by atoms with Gasteiger partial charge >= 0.3 is 0 Å². The van der Waals surface area contributed by atoms with Crippen molar-refractivity contribution in [2.24, 2.45) is 5.92 Å². The van der Waals surface area contributed by atoms with E-state index in [1.54, 1.807) is 6.07 Å². The van der Waals surface area contributed by atoms with E-state index >= 15 is 0 Å². The Morgan fingerprint density at radius 3 is 2.17 bits per heavy atom. The van der Waals surface area contributed by atoms with Gasteiger partial charge in [-0.1, -0.05) is 79.2 Å². The Hall–Kier alpha value is -2.12. The van der Waals surface area contributed by atoms with E-state index in [0.29, 0.717) is 11.8 Å². The molecule has 150 valence electrons. The summed E-state index contributed by atoms with van der Waals surface area (Å²) in [5.74, 6) is 1.75. The normalized spacial score (nSPS) is 20.4. The van der Waals surface area contributed by atoms with Gasteiger partial charge in [-0.25, -0.2) is 4.39 Å². The number of hydrogen-bond acceptors (Lipinski definition) is 0. The first-order valence-electron chi connectivity index (χ1n) is 10.7. The highest BCUT2D eigenvalue weighted by Crippen LogP contribution is 2.40. The predicted molar refractivity (Wildman–Crippen MR) is 121 cm³/mol. The lowest BCUT2D eigenvalue weighted by Crippen LogP contribution is -2.15. The van der Waals surface area contributed by atoms with Crippen LogP contribution in [0, 0.1) is 11.7 Å². The van der Waals surface area contributed by atoms with E-state index in [1.807, 2.05) is 6.07 Å². The first-order valence-corrected chi connectivity index (χ1v) is 11.1. The van der Waals surface area contributed by atoms with E-state index in [1.165, 1.54) is 49.3 Å². The lowest BCUT2D eigenvalue weighted by molar-refractivity contribution is 0.297. The van der Waals surface area contributed by atoms with Gasteiger partial charge in [-0.15, -0.1) is 0 Å². The molecule has 1 unspecified atom stereocenters. The van der Waals surface area contributed by atoms with Gasteiger partial charge < -0.3 is 0 Å². The Bertz CT molecular complexity index is 925. The lowest BCUT2D eigenvalue weighted by Gasteiger charge is -2.30.